The van der Waals surface area contributed by atoms with E-state index >= 15 is 0 Å². The zero-order chi connectivity index (χ0) is 18.8. The number of fused-ring (bicyclic) bond motifs is 1. The van der Waals surface area contributed by atoms with Crippen LogP contribution in [0.3, 0.4) is 0 Å². The Balaban J connectivity index is 1.76. The number of amides is 1. The molecule has 134 valence electrons. The number of nitrogens with zero attached hydrogens (tertiary/aromatic N) is 3. The van der Waals surface area contributed by atoms with Gasteiger partial charge in [-0.2, -0.15) is 5.10 Å². The minimum atomic E-state index is -0.450. The molecule has 0 spiro atoms. The van der Waals surface area contributed by atoms with Gasteiger partial charge in [-0.3, -0.25) is 14.9 Å². The summed E-state index contributed by atoms with van der Waals surface area (Å²) in [7, 11) is 0. The number of aryl methyl sites for hydroxylation is 1. The summed E-state index contributed by atoms with van der Waals surface area (Å²) in [6.07, 6.45) is 1.63. The number of aromatic nitrogens is 1. The zero-order valence-corrected chi connectivity index (χ0v) is 15.5. The van der Waals surface area contributed by atoms with Crippen molar-refractivity contribution in [3.8, 4) is 0 Å². The van der Waals surface area contributed by atoms with Gasteiger partial charge in [-0.1, -0.05) is 0 Å². The Morgan fingerprint density at radius 3 is 2.77 bits per heavy atom. The molecule has 3 rings (SSSR count). The zero-order valence-electron chi connectivity index (χ0n) is 14.6. The number of hydrogen-bond acceptors (Lipinski definition) is 5. The van der Waals surface area contributed by atoms with Gasteiger partial charge in [-0.05, 0) is 39.0 Å². The minimum Gasteiger partial charge on any atom is -0.349 e. The van der Waals surface area contributed by atoms with Crippen LogP contribution in [0.2, 0.25) is 0 Å². The van der Waals surface area contributed by atoms with Crippen molar-refractivity contribution in [2.24, 2.45) is 5.10 Å². The van der Waals surface area contributed by atoms with Crippen LogP contribution >= 0.6 is 11.3 Å². The number of nitrogens with one attached hydrogen (secondary N) is 1. The molecule has 0 saturated heterocycles. The van der Waals surface area contributed by atoms with E-state index in [2.05, 4.69) is 22.0 Å². The van der Waals surface area contributed by atoms with E-state index in [4.69, 9.17) is 0 Å². The fourth-order valence-corrected chi connectivity index (χ4v) is 3.85. The predicted molar refractivity (Wildman–Crippen MR) is 103 cm³/mol. The average Bonchev–Trinajstić information content (AvgIpc) is 3.15. The molecule has 0 aliphatic rings. The van der Waals surface area contributed by atoms with Gasteiger partial charge >= 0.3 is 0 Å². The maximum atomic E-state index is 12.3. The summed E-state index contributed by atoms with van der Waals surface area (Å²) in [4.78, 5) is 23.1. The van der Waals surface area contributed by atoms with Crippen molar-refractivity contribution in [3.63, 3.8) is 0 Å². The average molecular weight is 370 g/mol. The van der Waals surface area contributed by atoms with E-state index in [-0.39, 0.29) is 11.6 Å². The molecule has 8 heteroatoms. The molecule has 0 saturated carbocycles. The number of thiophene rings is 1. The Morgan fingerprint density at radius 2 is 2.12 bits per heavy atom. The maximum absolute atomic E-state index is 12.3. The molecule has 0 unspecified atom stereocenters. The van der Waals surface area contributed by atoms with E-state index in [0.717, 1.165) is 28.2 Å². The Kier molecular flexibility index (Phi) is 4.85. The summed E-state index contributed by atoms with van der Waals surface area (Å²) >= 11 is 1.27. The Bertz CT molecular complexity index is 1030. The van der Waals surface area contributed by atoms with Gasteiger partial charge in [-0.15, -0.1) is 11.3 Å². The summed E-state index contributed by atoms with van der Waals surface area (Å²) in [5, 5.41) is 15.6. The van der Waals surface area contributed by atoms with Crippen LogP contribution in [0.25, 0.3) is 10.1 Å². The first-order valence-electron chi connectivity index (χ1n) is 8.08. The van der Waals surface area contributed by atoms with Gasteiger partial charge in [0.15, 0.2) is 0 Å². The normalized spacial score (nSPS) is 11.3. The summed E-state index contributed by atoms with van der Waals surface area (Å²) in [6.45, 7) is 7.00. The second-order valence-electron chi connectivity index (χ2n) is 5.86. The third kappa shape index (κ3) is 3.36. The van der Waals surface area contributed by atoms with Crippen LogP contribution in [0, 0.1) is 24.0 Å². The van der Waals surface area contributed by atoms with Crippen molar-refractivity contribution in [2.75, 3.05) is 0 Å². The van der Waals surface area contributed by atoms with E-state index in [1.165, 1.54) is 23.5 Å². The molecule has 3 aromatic rings. The maximum Gasteiger partial charge on any atom is 0.281 e. The van der Waals surface area contributed by atoms with Gasteiger partial charge in [0, 0.05) is 45.7 Å². The molecular weight excluding hydrogens is 352 g/mol. The molecule has 1 aromatic carbocycles. The SMILES string of the molecule is CCn1c(C)cc(C=NNC(=O)c2cc3cc([N+](=O)[O-])ccc3s2)c1C. The molecule has 0 radical (unpaired) electrons. The molecule has 0 fully saturated rings. The number of hydrazone groups is 1. The van der Waals surface area contributed by atoms with Gasteiger partial charge in [0.25, 0.3) is 11.6 Å². The first-order chi connectivity index (χ1) is 12.4. The number of hydrogen-bond donors (Lipinski definition) is 1. The molecule has 2 heterocycles. The topological polar surface area (TPSA) is 89.5 Å². The van der Waals surface area contributed by atoms with Crippen molar-refractivity contribution < 1.29 is 9.72 Å². The van der Waals surface area contributed by atoms with E-state index in [1.54, 1.807) is 18.3 Å². The lowest BCUT2D eigenvalue weighted by Gasteiger charge is -2.04. The van der Waals surface area contributed by atoms with Crippen LogP contribution < -0.4 is 5.43 Å². The molecule has 0 aliphatic heterocycles. The Hall–Kier alpha value is -3.00. The number of benzene rings is 1. The van der Waals surface area contributed by atoms with Crippen molar-refractivity contribution in [1.82, 2.24) is 9.99 Å². The van der Waals surface area contributed by atoms with Crippen LogP contribution in [-0.2, 0) is 6.54 Å². The lowest BCUT2D eigenvalue weighted by atomic mass is 10.2. The molecule has 0 bridgehead atoms. The molecule has 26 heavy (non-hydrogen) atoms. The lowest BCUT2D eigenvalue weighted by molar-refractivity contribution is -0.384. The standard InChI is InChI=1S/C18H18N4O3S/c1-4-21-11(2)7-14(12(21)3)10-19-20-18(23)17-9-13-8-15(22(24)25)5-6-16(13)26-17/h5-10H,4H2,1-3H3,(H,20,23). The number of non-ortho nitro benzene ring substituents is 1. The van der Waals surface area contributed by atoms with Crippen LogP contribution in [0.5, 0.6) is 0 Å². The summed E-state index contributed by atoms with van der Waals surface area (Å²) in [5.41, 5.74) is 5.72. The highest BCUT2D eigenvalue weighted by Gasteiger charge is 2.13. The quantitative estimate of drug-likeness (QED) is 0.418. The number of rotatable bonds is 5. The van der Waals surface area contributed by atoms with E-state index in [1.807, 2.05) is 19.9 Å². The molecule has 7 nitrogen and oxygen atoms in total. The number of carbonyl (C=O) groups excluding carboxylic acids is 1. The van der Waals surface area contributed by atoms with Gasteiger partial charge in [0.2, 0.25) is 0 Å². The highest BCUT2D eigenvalue weighted by Crippen LogP contribution is 2.28. The van der Waals surface area contributed by atoms with E-state index in [9.17, 15) is 14.9 Å². The van der Waals surface area contributed by atoms with Gasteiger partial charge in [0.1, 0.15) is 0 Å². The lowest BCUT2D eigenvalue weighted by Crippen LogP contribution is -2.16. The third-order valence-corrected chi connectivity index (χ3v) is 5.35. The first-order valence-corrected chi connectivity index (χ1v) is 8.90. The fraction of sp³-hybridized carbons (Fsp3) is 0.222. The van der Waals surface area contributed by atoms with Crippen molar-refractivity contribution >= 4 is 39.2 Å². The van der Waals surface area contributed by atoms with Crippen molar-refractivity contribution in [2.45, 2.75) is 27.3 Å². The van der Waals surface area contributed by atoms with Crippen LogP contribution in [-0.4, -0.2) is 21.6 Å². The molecule has 0 atom stereocenters. The number of carbonyl (C=O) groups is 1. The predicted octanol–water partition coefficient (Wildman–Crippen LogP) is 4.01. The molecule has 1 amide bonds. The smallest absolute Gasteiger partial charge is 0.281 e. The molecule has 1 N–H and O–H groups in total. The Morgan fingerprint density at radius 1 is 1.35 bits per heavy atom. The fourth-order valence-electron chi connectivity index (χ4n) is 2.92. The summed E-state index contributed by atoms with van der Waals surface area (Å²) < 4.78 is 2.98. The van der Waals surface area contributed by atoms with Crippen molar-refractivity contribution in [3.05, 3.63) is 62.3 Å². The minimum absolute atomic E-state index is 0.00607. The number of nitro groups is 1. The van der Waals surface area contributed by atoms with E-state index < -0.39 is 4.92 Å². The summed E-state index contributed by atoms with van der Waals surface area (Å²) in [5.74, 6) is -0.339. The Labute approximate surface area is 154 Å². The van der Waals surface area contributed by atoms with Crippen LogP contribution in [0.1, 0.15) is 33.5 Å². The summed E-state index contributed by atoms with van der Waals surface area (Å²) in [6, 6.07) is 8.21. The van der Waals surface area contributed by atoms with Gasteiger partial charge in [-0.25, -0.2) is 5.43 Å². The second-order valence-corrected chi connectivity index (χ2v) is 6.94. The largest absolute Gasteiger partial charge is 0.349 e. The first kappa shape index (κ1) is 17.8. The van der Waals surface area contributed by atoms with E-state index in [0.29, 0.717) is 10.3 Å². The third-order valence-electron chi connectivity index (χ3n) is 4.23. The van der Waals surface area contributed by atoms with Crippen molar-refractivity contribution in [1.29, 1.82) is 0 Å². The van der Waals surface area contributed by atoms with Crippen LogP contribution in [0.4, 0.5) is 5.69 Å². The van der Waals surface area contributed by atoms with Gasteiger partial charge < -0.3 is 4.57 Å². The molecular formula is C18H18N4O3S. The van der Waals surface area contributed by atoms with Crippen LogP contribution in [0.15, 0.2) is 35.4 Å². The molecule has 0 aliphatic carbocycles. The molecule has 2 aromatic heterocycles. The number of nitro benzene ring substituents is 1. The highest BCUT2D eigenvalue weighted by atomic mass is 32.1. The highest BCUT2D eigenvalue weighted by molar-refractivity contribution is 7.20. The monoisotopic (exact) mass is 370 g/mol. The van der Waals surface area contributed by atoms with Gasteiger partial charge in [0.05, 0.1) is 16.0 Å². The second kappa shape index (κ2) is 7.09.